The van der Waals surface area contributed by atoms with Crippen LogP contribution < -0.4 is 14.8 Å². The number of hydrogen-bond acceptors (Lipinski definition) is 4. The highest BCUT2D eigenvalue weighted by molar-refractivity contribution is 6.00. The minimum Gasteiger partial charge on any atom is -0.493 e. The molecule has 1 heterocycles. The molecule has 140 valence electrons. The summed E-state index contributed by atoms with van der Waals surface area (Å²) in [7, 11) is 3.18. The Kier molecular flexibility index (Phi) is 5.45. The smallest absolute Gasteiger partial charge is 0.255 e. The van der Waals surface area contributed by atoms with Crippen molar-refractivity contribution in [2.45, 2.75) is 19.9 Å². The van der Waals surface area contributed by atoms with Crippen LogP contribution in [0.15, 0.2) is 48.7 Å². The van der Waals surface area contributed by atoms with Crippen LogP contribution in [0.1, 0.15) is 34.5 Å². The van der Waals surface area contributed by atoms with E-state index in [-0.39, 0.29) is 11.9 Å². The van der Waals surface area contributed by atoms with Crippen molar-refractivity contribution in [2.75, 3.05) is 14.2 Å². The molecule has 1 unspecified atom stereocenters. The third-order valence-corrected chi connectivity index (χ3v) is 4.45. The lowest BCUT2D eigenvalue weighted by molar-refractivity contribution is 0.0940. The Bertz CT molecular complexity index is 949. The third kappa shape index (κ3) is 3.95. The maximum Gasteiger partial charge on any atom is 0.255 e. The Morgan fingerprint density at radius 2 is 1.89 bits per heavy atom. The van der Waals surface area contributed by atoms with Crippen LogP contribution >= 0.6 is 0 Å². The van der Waals surface area contributed by atoms with Gasteiger partial charge in [0.2, 0.25) is 0 Å². The molecule has 0 radical (unpaired) electrons. The summed E-state index contributed by atoms with van der Waals surface area (Å²) in [6, 6.07) is 13.3. The Labute approximate surface area is 158 Å². The van der Waals surface area contributed by atoms with Crippen molar-refractivity contribution in [1.82, 2.24) is 15.5 Å². The van der Waals surface area contributed by atoms with E-state index in [9.17, 15) is 4.79 Å². The SMILES string of the molecule is COc1ccc(C(C)NC(=O)c2cn[nH]c2-c2cccc(C)c2)cc1OC. The Morgan fingerprint density at radius 1 is 1.11 bits per heavy atom. The van der Waals surface area contributed by atoms with Gasteiger partial charge in [0.05, 0.1) is 37.7 Å². The number of nitrogens with zero attached hydrogens (tertiary/aromatic N) is 1. The number of benzene rings is 2. The molecule has 0 saturated heterocycles. The molecule has 0 spiro atoms. The van der Waals surface area contributed by atoms with Crippen LogP contribution in [0.5, 0.6) is 11.5 Å². The number of methoxy groups -OCH3 is 2. The van der Waals surface area contributed by atoms with Gasteiger partial charge in [-0.3, -0.25) is 9.89 Å². The highest BCUT2D eigenvalue weighted by atomic mass is 16.5. The first kappa shape index (κ1) is 18.5. The standard InChI is InChI=1S/C21H23N3O3/c1-13-6-5-7-16(10-13)20-17(12-22-24-20)21(25)23-14(2)15-8-9-18(26-3)19(11-15)27-4/h5-12,14H,1-4H3,(H,22,24)(H,23,25). The van der Waals surface area contributed by atoms with Gasteiger partial charge in [-0.25, -0.2) is 0 Å². The summed E-state index contributed by atoms with van der Waals surface area (Å²) in [6.07, 6.45) is 1.55. The van der Waals surface area contributed by atoms with E-state index in [1.807, 2.05) is 56.3 Å². The van der Waals surface area contributed by atoms with Gasteiger partial charge in [0.25, 0.3) is 5.91 Å². The van der Waals surface area contributed by atoms with Crippen LogP contribution in [0.3, 0.4) is 0 Å². The number of hydrogen-bond donors (Lipinski definition) is 2. The summed E-state index contributed by atoms with van der Waals surface area (Å²) < 4.78 is 10.6. The lowest BCUT2D eigenvalue weighted by Gasteiger charge is -2.16. The fraction of sp³-hybridized carbons (Fsp3) is 0.238. The number of rotatable bonds is 6. The summed E-state index contributed by atoms with van der Waals surface area (Å²) in [4.78, 5) is 12.8. The molecule has 2 N–H and O–H groups in total. The van der Waals surface area contributed by atoms with E-state index in [2.05, 4.69) is 15.5 Å². The van der Waals surface area contributed by atoms with Gasteiger partial charge in [-0.15, -0.1) is 0 Å². The largest absolute Gasteiger partial charge is 0.493 e. The molecule has 0 aliphatic rings. The van der Waals surface area contributed by atoms with Crippen molar-refractivity contribution in [1.29, 1.82) is 0 Å². The molecule has 0 aliphatic carbocycles. The van der Waals surface area contributed by atoms with Crippen LogP contribution in [-0.2, 0) is 0 Å². The molecule has 27 heavy (non-hydrogen) atoms. The monoisotopic (exact) mass is 365 g/mol. The normalized spacial score (nSPS) is 11.7. The number of aromatic nitrogens is 2. The molecule has 0 bridgehead atoms. The molecule has 3 aromatic rings. The quantitative estimate of drug-likeness (QED) is 0.695. The molecule has 1 atom stereocenters. The van der Waals surface area contributed by atoms with E-state index >= 15 is 0 Å². The number of aromatic amines is 1. The zero-order chi connectivity index (χ0) is 19.4. The molecule has 6 heteroatoms. The predicted octanol–water partition coefficient (Wildman–Crippen LogP) is 3.89. The van der Waals surface area contributed by atoms with Gasteiger partial charge in [0.15, 0.2) is 11.5 Å². The molecule has 0 aliphatic heterocycles. The summed E-state index contributed by atoms with van der Waals surface area (Å²) >= 11 is 0. The van der Waals surface area contributed by atoms with E-state index in [1.165, 1.54) is 0 Å². The highest BCUT2D eigenvalue weighted by Crippen LogP contribution is 2.30. The van der Waals surface area contributed by atoms with E-state index in [0.29, 0.717) is 22.8 Å². The van der Waals surface area contributed by atoms with Gasteiger partial charge in [0, 0.05) is 5.56 Å². The number of carbonyl (C=O) groups is 1. The number of ether oxygens (including phenoxy) is 2. The highest BCUT2D eigenvalue weighted by Gasteiger charge is 2.18. The van der Waals surface area contributed by atoms with Crippen LogP contribution in [-0.4, -0.2) is 30.3 Å². The van der Waals surface area contributed by atoms with Gasteiger partial charge < -0.3 is 14.8 Å². The van der Waals surface area contributed by atoms with Gasteiger partial charge in [-0.2, -0.15) is 5.10 Å². The second-order valence-corrected chi connectivity index (χ2v) is 6.34. The van der Waals surface area contributed by atoms with Crippen molar-refractivity contribution < 1.29 is 14.3 Å². The second-order valence-electron chi connectivity index (χ2n) is 6.34. The molecule has 2 aromatic carbocycles. The van der Waals surface area contributed by atoms with Crippen LogP contribution in [0.4, 0.5) is 0 Å². The van der Waals surface area contributed by atoms with Crippen LogP contribution in [0.2, 0.25) is 0 Å². The number of nitrogens with one attached hydrogen (secondary N) is 2. The van der Waals surface area contributed by atoms with Crippen molar-refractivity contribution >= 4 is 5.91 Å². The maximum absolute atomic E-state index is 12.8. The molecular weight excluding hydrogens is 342 g/mol. The van der Waals surface area contributed by atoms with Crippen LogP contribution in [0.25, 0.3) is 11.3 Å². The topological polar surface area (TPSA) is 76.2 Å². The number of carbonyl (C=O) groups excluding carboxylic acids is 1. The second kappa shape index (κ2) is 7.95. The lowest BCUT2D eigenvalue weighted by Crippen LogP contribution is -2.26. The van der Waals surface area contributed by atoms with Crippen molar-refractivity contribution in [3.8, 4) is 22.8 Å². The molecule has 1 aromatic heterocycles. The van der Waals surface area contributed by atoms with Gasteiger partial charge in [-0.05, 0) is 37.6 Å². The molecule has 1 amide bonds. The van der Waals surface area contributed by atoms with Gasteiger partial charge in [0.1, 0.15) is 0 Å². The van der Waals surface area contributed by atoms with Crippen molar-refractivity contribution in [2.24, 2.45) is 0 Å². The molecular formula is C21H23N3O3. The first-order valence-corrected chi connectivity index (χ1v) is 8.66. The lowest BCUT2D eigenvalue weighted by atomic mass is 10.0. The Morgan fingerprint density at radius 3 is 2.59 bits per heavy atom. The van der Waals surface area contributed by atoms with E-state index < -0.39 is 0 Å². The number of aryl methyl sites for hydroxylation is 1. The number of amides is 1. The average Bonchev–Trinajstić information content (AvgIpc) is 3.17. The molecule has 0 saturated carbocycles. The predicted molar refractivity (Wildman–Crippen MR) is 104 cm³/mol. The minimum absolute atomic E-state index is 0.192. The van der Waals surface area contributed by atoms with Crippen LogP contribution in [0, 0.1) is 6.92 Å². The zero-order valence-corrected chi connectivity index (χ0v) is 15.9. The minimum atomic E-state index is -0.211. The summed E-state index contributed by atoms with van der Waals surface area (Å²) in [5, 5.41) is 10.0. The average molecular weight is 365 g/mol. The van der Waals surface area contributed by atoms with Crippen molar-refractivity contribution in [3.05, 3.63) is 65.4 Å². The van der Waals surface area contributed by atoms with Gasteiger partial charge in [-0.1, -0.05) is 29.8 Å². The molecule has 6 nitrogen and oxygen atoms in total. The van der Waals surface area contributed by atoms with Crippen molar-refractivity contribution in [3.63, 3.8) is 0 Å². The van der Waals surface area contributed by atoms with E-state index in [4.69, 9.17) is 9.47 Å². The Balaban J connectivity index is 1.81. The van der Waals surface area contributed by atoms with E-state index in [1.54, 1.807) is 20.4 Å². The maximum atomic E-state index is 12.8. The summed E-state index contributed by atoms with van der Waals surface area (Å²) in [5.74, 6) is 1.08. The summed E-state index contributed by atoms with van der Waals surface area (Å²) in [6.45, 7) is 3.93. The number of H-pyrrole nitrogens is 1. The Hall–Kier alpha value is -3.28. The van der Waals surface area contributed by atoms with E-state index in [0.717, 1.165) is 16.7 Å². The first-order valence-electron chi connectivity index (χ1n) is 8.66. The fourth-order valence-corrected chi connectivity index (χ4v) is 2.96. The molecule has 3 rings (SSSR count). The zero-order valence-electron chi connectivity index (χ0n) is 15.9. The molecule has 0 fully saturated rings. The fourth-order valence-electron chi connectivity index (χ4n) is 2.96. The third-order valence-electron chi connectivity index (χ3n) is 4.45. The summed E-state index contributed by atoms with van der Waals surface area (Å²) in [5.41, 5.74) is 4.17. The first-order chi connectivity index (χ1) is 13.0. The van der Waals surface area contributed by atoms with Gasteiger partial charge >= 0.3 is 0 Å².